The quantitative estimate of drug-likeness (QED) is 0.689. The van der Waals surface area contributed by atoms with E-state index in [1.807, 2.05) is 10.7 Å². The molecular formula is C7H10N4S. The molecule has 0 aliphatic carbocycles. The maximum Gasteiger partial charge on any atom is 0.177 e. The van der Waals surface area contributed by atoms with E-state index in [1.54, 1.807) is 18.0 Å². The second kappa shape index (κ2) is 2.75. The summed E-state index contributed by atoms with van der Waals surface area (Å²) in [6.45, 7) is 2.09. The summed E-state index contributed by atoms with van der Waals surface area (Å²) in [5.41, 5.74) is 7.39. The van der Waals surface area contributed by atoms with Crippen molar-refractivity contribution in [1.29, 1.82) is 0 Å². The van der Waals surface area contributed by atoms with Crippen LogP contribution in [0.3, 0.4) is 0 Å². The summed E-state index contributed by atoms with van der Waals surface area (Å²) in [4.78, 5) is 4.11. The molecule has 2 heterocycles. The number of nitrogens with zero attached hydrogens (tertiary/aromatic N) is 2. The summed E-state index contributed by atoms with van der Waals surface area (Å²) in [6.07, 6.45) is 3.58. The van der Waals surface area contributed by atoms with Crippen LogP contribution in [-0.4, -0.2) is 20.4 Å². The Morgan fingerprint density at radius 3 is 3.25 bits per heavy atom. The van der Waals surface area contributed by atoms with Crippen LogP contribution < -0.4 is 5.73 Å². The van der Waals surface area contributed by atoms with Crippen LogP contribution in [0.25, 0.3) is 5.65 Å². The monoisotopic (exact) mass is 182 g/mol. The number of H-pyrrole nitrogens is 1. The van der Waals surface area contributed by atoms with Crippen LogP contribution in [0, 0.1) is 0 Å². The standard InChI is InChI=1S/C7H10N4S/c1-2-12-7-5(8)6-9-3-4-11(6)10-7/h3-4,10H,2,8H2,1H3. The van der Waals surface area contributed by atoms with Crippen LogP contribution in [0.5, 0.6) is 0 Å². The second-order valence-corrected chi connectivity index (χ2v) is 3.68. The molecule has 0 radical (unpaired) electrons. The highest BCUT2D eigenvalue weighted by molar-refractivity contribution is 7.99. The lowest BCUT2D eigenvalue weighted by Crippen LogP contribution is -1.85. The molecule has 0 fully saturated rings. The highest BCUT2D eigenvalue weighted by Gasteiger charge is 2.07. The van der Waals surface area contributed by atoms with Gasteiger partial charge in [-0.3, -0.25) is 5.10 Å². The molecule has 0 saturated carbocycles. The van der Waals surface area contributed by atoms with Crippen molar-refractivity contribution in [1.82, 2.24) is 14.6 Å². The smallest absolute Gasteiger partial charge is 0.177 e. The number of aromatic amines is 1. The number of aromatic nitrogens is 3. The molecule has 0 saturated heterocycles. The zero-order valence-electron chi connectivity index (χ0n) is 6.74. The van der Waals surface area contributed by atoms with Crippen molar-refractivity contribution >= 4 is 23.1 Å². The lowest BCUT2D eigenvalue weighted by atomic mass is 10.6. The van der Waals surface area contributed by atoms with Crippen LogP contribution in [-0.2, 0) is 0 Å². The SMILES string of the molecule is CCSc1[nH]n2ccnc2c1N. The fraction of sp³-hybridized carbons (Fsp3) is 0.286. The minimum absolute atomic E-state index is 0.742. The van der Waals surface area contributed by atoms with Crippen LogP contribution in [0.1, 0.15) is 6.92 Å². The number of nitrogens with two attached hydrogens (primary N) is 1. The Kier molecular flexibility index (Phi) is 1.73. The van der Waals surface area contributed by atoms with Crippen molar-refractivity contribution in [2.45, 2.75) is 11.9 Å². The Morgan fingerprint density at radius 2 is 2.58 bits per heavy atom. The van der Waals surface area contributed by atoms with Gasteiger partial charge in [-0.15, -0.1) is 11.8 Å². The first-order valence-corrected chi connectivity index (χ1v) is 4.74. The predicted molar refractivity (Wildman–Crippen MR) is 50.4 cm³/mol. The fourth-order valence-corrected chi connectivity index (χ4v) is 1.82. The second-order valence-electron chi connectivity index (χ2n) is 2.41. The summed E-state index contributed by atoms with van der Waals surface area (Å²) in [6, 6.07) is 0. The van der Waals surface area contributed by atoms with Crippen LogP contribution in [0.2, 0.25) is 0 Å². The molecule has 4 nitrogen and oxygen atoms in total. The number of nitrogen functional groups attached to an aromatic ring is 1. The number of anilines is 1. The average molecular weight is 182 g/mol. The predicted octanol–water partition coefficient (Wildman–Crippen LogP) is 1.36. The van der Waals surface area contributed by atoms with Gasteiger partial charge in [0.2, 0.25) is 0 Å². The molecule has 0 unspecified atom stereocenters. The average Bonchev–Trinajstić information content (AvgIpc) is 2.58. The van der Waals surface area contributed by atoms with E-state index in [0.717, 1.165) is 22.1 Å². The van der Waals surface area contributed by atoms with Gasteiger partial charge in [-0.25, -0.2) is 9.50 Å². The first kappa shape index (κ1) is 7.54. The Morgan fingerprint density at radius 1 is 1.75 bits per heavy atom. The third-order valence-electron chi connectivity index (χ3n) is 1.64. The highest BCUT2D eigenvalue weighted by atomic mass is 32.2. The number of fused-ring (bicyclic) bond motifs is 1. The molecule has 0 aliphatic heterocycles. The third kappa shape index (κ3) is 0.972. The summed E-state index contributed by atoms with van der Waals surface area (Å²) in [5.74, 6) is 1.01. The van der Waals surface area contributed by atoms with E-state index in [1.165, 1.54) is 0 Å². The molecule has 2 aromatic rings. The lowest BCUT2D eigenvalue weighted by Gasteiger charge is -1.92. The molecule has 0 aromatic carbocycles. The van der Waals surface area contributed by atoms with E-state index in [4.69, 9.17) is 5.73 Å². The Balaban J connectivity index is 2.55. The number of imidazole rings is 1. The van der Waals surface area contributed by atoms with Gasteiger partial charge in [0.1, 0.15) is 10.7 Å². The van der Waals surface area contributed by atoms with Crippen LogP contribution >= 0.6 is 11.8 Å². The number of hydrogen-bond donors (Lipinski definition) is 2. The van der Waals surface area contributed by atoms with Gasteiger partial charge in [-0.2, -0.15) is 0 Å². The van der Waals surface area contributed by atoms with Gasteiger partial charge < -0.3 is 5.73 Å². The number of hydrogen-bond acceptors (Lipinski definition) is 3. The minimum Gasteiger partial charge on any atom is -0.393 e. The summed E-state index contributed by atoms with van der Waals surface area (Å²) in [7, 11) is 0. The Hall–Kier alpha value is -1.10. The van der Waals surface area contributed by atoms with Crippen molar-refractivity contribution in [2.24, 2.45) is 0 Å². The van der Waals surface area contributed by atoms with E-state index >= 15 is 0 Å². The van der Waals surface area contributed by atoms with Crippen molar-refractivity contribution in [3.05, 3.63) is 12.4 Å². The van der Waals surface area contributed by atoms with Crippen molar-refractivity contribution < 1.29 is 0 Å². The molecule has 2 aromatic heterocycles. The van der Waals surface area contributed by atoms with E-state index < -0.39 is 0 Å². The summed E-state index contributed by atoms with van der Waals surface area (Å²) >= 11 is 1.69. The Bertz CT molecular complexity index is 389. The van der Waals surface area contributed by atoms with E-state index in [-0.39, 0.29) is 0 Å². The van der Waals surface area contributed by atoms with Crippen molar-refractivity contribution in [3.63, 3.8) is 0 Å². The minimum atomic E-state index is 0.742. The third-order valence-corrected chi connectivity index (χ3v) is 2.53. The number of thioether (sulfide) groups is 1. The maximum atomic E-state index is 5.83. The molecule has 12 heavy (non-hydrogen) atoms. The van der Waals surface area contributed by atoms with Crippen LogP contribution in [0.15, 0.2) is 17.4 Å². The zero-order chi connectivity index (χ0) is 8.55. The molecule has 2 rings (SSSR count). The number of nitrogens with one attached hydrogen (secondary N) is 1. The molecule has 0 amide bonds. The maximum absolute atomic E-state index is 5.83. The highest BCUT2D eigenvalue weighted by Crippen LogP contribution is 2.25. The molecule has 0 aliphatic rings. The van der Waals surface area contributed by atoms with Crippen molar-refractivity contribution in [2.75, 3.05) is 11.5 Å². The van der Waals surface area contributed by atoms with Gasteiger partial charge in [-0.05, 0) is 5.75 Å². The zero-order valence-corrected chi connectivity index (χ0v) is 7.56. The lowest BCUT2D eigenvalue weighted by molar-refractivity contribution is 0.910. The molecular weight excluding hydrogens is 172 g/mol. The molecule has 5 heteroatoms. The van der Waals surface area contributed by atoms with Gasteiger partial charge in [-0.1, -0.05) is 6.92 Å². The van der Waals surface area contributed by atoms with Gasteiger partial charge >= 0.3 is 0 Å². The number of rotatable bonds is 2. The molecule has 64 valence electrons. The van der Waals surface area contributed by atoms with E-state index in [0.29, 0.717) is 0 Å². The van der Waals surface area contributed by atoms with E-state index in [2.05, 4.69) is 17.0 Å². The first-order valence-electron chi connectivity index (χ1n) is 3.76. The first-order chi connectivity index (χ1) is 5.83. The van der Waals surface area contributed by atoms with Crippen LogP contribution in [0.4, 0.5) is 5.69 Å². The normalized spacial score (nSPS) is 11.1. The van der Waals surface area contributed by atoms with Gasteiger partial charge in [0.25, 0.3) is 0 Å². The van der Waals surface area contributed by atoms with Gasteiger partial charge in [0.15, 0.2) is 5.65 Å². The molecule has 0 spiro atoms. The van der Waals surface area contributed by atoms with Crippen molar-refractivity contribution in [3.8, 4) is 0 Å². The van der Waals surface area contributed by atoms with Gasteiger partial charge in [0, 0.05) is 12.4 Å². The Labute approximate surface area is 74.1 Å². The molecule has 0 atom stereocenters. The fourth-order valence-electron chi connectivity index (χ4n) is 1.12. The van der Waals surface area contributed by atoms with Gasteiger partial charge in [0.05, 0.1) is 0 Å². The largest absolute Gasteiger partial charge is 0.393 e. The summed E-state index contributed by atoms with van der Waals surface area (Å²) < 4.78 is 1.83. The topological polar surface area (TPSA) is 59.1 Å². The van der Waals surface area contributed by atoms with E-state index in [9.17, 15) is 0 Å². The summed E-state index contributed by atoms with van der Waals surface area (Å²) in [5, 5.41) is 4.14. The molecule has 0 bridgehead atoms. The molecule has 3 N–H and O–H groups in total.